The number of ether oxygens (including phenoxy) is 1. The number of hydrogen-bond acceptors (Lipinski definition) is 24. The Kier molecular flexibility index (Phi) is 28.5. The standard InChI is InChI=1S/C29H32FN7O.C29H25FN6O2.C28H30FN7O.C27H28FN7O/c1-29(30)9-12-37(19-29)26-8-6-23(17-32-26)33-28(38)27-24-14-21(5-7-25(24)34-35-27)22-13-20(15-31-16-22)18-36-10-3-2-4-11-36;1-29(30)11-12-36(18-29)26-10-8-21(16-32-26)33-28(37)27-24-14-19(7-9-25(24)34-35-27)20-13-23(17-31-15-20)38-22-5-3-2-4-6-22;1-28(29)8-11-36(18-28)25-7-5-22(16-31-25)32-27(37)26-23-13-20(4-6-24(23)33-34-26)21-12-19(14-30-15-21)17-35-9-2-3-10-35;1-27(28)7-10-35(17-27)24-6-4-21(15-30-24)31-26(36)25-22-12-19(3-5-23(22)32-33-25)20-11-18(13-29-14-20)16-34-8-2-9-34/h5-8,13-17H,2-4,9-12,18-19H2,1H3,(H,33,38)(H,34,35);2-10,13-17H,11-12,18H2,1H3,(H,33,37)(H,34,35);4-7,12-16H,2-3,8-11,17-18H2,1H3,(H,32,37)(H,33,34);3-6,11-15H,2,7-10,16-17H2,1H3,(H,31,36)(H,32,33). The molecule has 7 fully saturated rings. The van der Waals surface area contributed by atoms with Crippen molar-refractivity contribution in [1.82, 2.24) is 95.4 Å². The molecule has 8 N–H and O–H groups in total. The van der Waals surface area contributed by atoms with Gasteiger partial charge >= 0.3 is 0 Å². The van der Waals surface area contributed by atoms with Crippen LogP contribution in [0.3, 0.4) is 0 Å². The van der Waals surface area contributed by atoms with E-state index in [1.807, 2.05) is 172 Å². The number of carbonyl (C=O) groups excluding carboxylic acids is 4. The lowest BCUT2D eigenvalue weighted by Gasteiger charge is -2.30. The van der Waals surface area contributed by atoms with Gasteiger partial charge in [-0.2, -0.15) is 20.4 Å². The van der Waals surface area contributed by atoms with E-state index < -0.39 is 22.7 Å². The van der Waals surface area contributed by atoms with Crippen LogP contribution in [0.2, 0.25) is 0 Å². The summed E-state index contributed by atoms with van der Waals surface area (Å²) in [7, 11) is 0. The minimum Gasteiger partial charge on any atom is -0.456 e. The first-order valence-electron chi connectivity index (χ1n) is 50.7. The molecule has 4 amide bonds. The third kappa shape index (κ3) is 23.8. The fraction of sp³-hybridized carbons (Fsp3) is 0.310. The zero-order valence-electron chi connectivity index (χ0n) is 83.3. The zero-order valence-corrected chi connectivity index (χ0v) is 83.3. The molecule has 19 heterocycles. The van der Waals surface area contributed by atoms with Crippen molar-refractivity contribution in [2.75, 3.05) is 132 Å². The summed E-state index contributed by atoms with van der Waals surface area (Å²) < 4.78 is 62.6. The van der Waals surface area contributed by atoms with Crippen LogP contribution in [0.4, 0.5) is 63.6 Å². The number of carbonyl (C=O) groups is 4. The number of aromatic amines is 4. The van der Waals surface area contributed by atoms with E-state index in [-0.39, 0.29) is 29.3 Å². The number of anilines is 8. The van der Waals surface area contributed by atoms with Crippen molar-refractivity contribution in [3.63, 3.8) is 0 Å². The van der Waals surface area contributed by atoms with Gasteiger partial charge in [0.05, 0.1) is 102 Å². The van der Waals surface area contributed by atoms with Crippen molar-refractivity contribution in [2.45, 2.75) is 134 Å². The van der Waals surface area contributed by atoms with Crippen molar-refractivity contribution in [1.29, 1.82) is 0 Å². The van der Waals surface area contributed by atoms with Crippen LogP contribution < -0.4 is 45.6 Å². The van der Waals surface area contributed by atoms with Gasteiger partial charge in [-0.25, -0.2) is 37.5 Å². The highest BCUT2D eigenvalue weighted by Gasteiger charge is 2.39. The summed E-state index contributed by atoms with van der Waals surface area (Å²) >= 11 is 0. The van der Waals surface area contributed by atoms with Gasteiger partial charge in [-0.15, -0.1) is 0 Å². The molecule has 7 aliphatic heterocycles. The second-order valence-corrected chi connectivity index (χ2v) is 40.6. The van der Waals surface area contributed by atoms with Crippen molar-refractivity contribution in [2.24, 2.45) is 0 Å². The second kappa shape index (κ2) is 43.0. The molecule has 5 aromatic carbocycles. The summed E-state index contributed by atoms with van der Waals surface area (Å²) in [6, 6.07) is 55.7. The molecular formula is C113H115F4N27O5. The number of fused-ring (bicyclic) bond motifs is 4. The number of benzene rings is 5. The number of alkyl halides is 4. The lowest BCUT2D eigenvalue weighted by molar-refractivity contribution is 0.101. The summed E-state index contributed by atoms with van der Waals surface area (Å²) in [4.78, 5) is 103. The van der Waals surface area contributed by atoms with E-state index in [0.29, 0.717) is 152 Å². The van der Waals surface area contributed by atoms with Gasteiger partial charge in [-0.05, 0) is 271 Å². The number of hydrogen-bond donors (Lipinski definition) is 8. The third-order valence-corrected chi connectivity index (χ3v) is 28.3. The summed E-state index contributed by atoms with van der Waals surface area (Å²) in [6.45, 7) is 19.8. The van der Waals surface area contributed by atoms with Gasteiger partial charge in [0.15, 0.2) is 22.8 Å². The monoisotopic (exact) mass is 2010 g/mol. The van der Waals surface area contributed by atoms with Gasteiger partial charge in [0.25, 0.3) is 23.6 Å². The maximum Gasteiger partial charge on any atom is 0.276 e. The first-order valence-corrected chi connectivity index (χ1v) is 50.7. The van der Waals surface area contributed by atoms with Gasteiger partial charge in [-0.1, -0.05) is 48.9 Å². The highest BCUT2D eigenvalue weighted by Crippen LogP contribution is 2.39. The first kappa shape index (κ1) is 98.7. The van der Waals surface area contributed by atoms with Crippen LogP contribution in [0.1, 0.15) is 151 Å². The molecule has 36 heteroatoms. The molecule has 0 radical (unpaired) electrons. The van der Waals surface area contributed by atoms with Gasteiger partial charge < -0.3 is 45.6 Å². The zero-order chi connectivity index (χ0) is 102. The average molecular weight is 2010 g/mol. The number of amides is 4. The van der Waals surface area contributed by atoms with Gasteiger partial charge in [-0.3, -0.25) is 74.2 Å². The van der Waals surface area contributed by atoms with Crippen LogP contribution in [0, 0.1) is 0 Å². The molecule has 4 unspecified atom stereocenters. The van der Waals surface area contributed by atoms with E-state index in [1.54, 1.807) is 107 Å². The van der Waals surface area contributed by atoms with Crippen LogP contribution in [-0.4, -0.2) is 233 Å². The fourth-order valence-electron chi connectivity index (χ4n) is 20.1. The van der Waals surface area contributed by atoms with Gasteiger partial charge in [0, 0.05) is 159 Å². The average Bonchev–Trinajstić information content (AvgIpc) is 1.67. The molecule has 760 valence electrons. The number of nitrogens with zero attached hydrogens (tertiary/aromatic N) is 19. The molecule has 0 spiro atoms. The number of pyridine rings is 8. The van der Waals surface area contributed by atoms with Crippen LogP contribution in [0.15, 0.2) is 250 Å². The predicted octanol–water partition coefficient (Wildman–Crippen LogP) is 20.4. The number of aromatic nitrogens is 16. The molecule has 0 aliphatic carbocycles. The second-order valence-electron chi connectivity index (χ2n) is 40.6. The van der Waals surface area contributed by atoms with Crippen molar-refractivity contribution >= 4 is 113 Å². The van der Waals surface area contributed by atoms with Crippen LogP contribution in [-0.2, 0) is 19.6 Å². The van der Waals surface area contributed by atoms with Crippen LogP contribution in [0.25, 0.3) is 88.1 Å². The normalized spacial score (nSPS) is 19.3. The van der Waals surface area contributed by atoms with Crippen molar-refractivity contribution in [3.05, 3.63) is 290 Å². The molecule has 17 aromatic rings. The van der Waals surface area contributed by atoms with E-state index in [9.17, 15) is 36.7 Å². The first-order chi connectivity index (χ1) is 72.2. The maximum atomic E-state index is 14.2. The quantitative estimate of drug-likeness (QED) is 0.0260. The Balaban J connectivity index is 0.000000116. The Hall–Kier alpha value is -16.3. The number of likely N-dealkylation sites (tertiary alicyclic amines) is 3. The topological polar surface area (TPSA) is 366 Å². The highest BCUT2D eigenvalue weighted by atomic mass is 19.2. The van der Waals surface area contributed by atoms with Crippen molar-refractivity contribution in [3.8, 4) is 56.0 Å². The fourth-order valence-corrected chi connectivity index (χ4v) is 20.1. The Morgan fingerprint density at radius 2 is 0.577 bits per heavy atom. The number of piperidine rings is 1. The van der Waals surface area contributed by atoms with E-state index in [2.05, 4.69) is 135 Å². The Morgan fingerprint density at radius 3 is 0.846 bits per heavy atom. The molecule has 0 saturated carbocycles. The summed E-state index contributed by atoms with van der Waals surface area (Å²) in [5.74, 6) is 2.80. The third-order valence-electron chi connectivity index (χ3n) is 28.3. The number of nitrogens with one attached hydrogen (secondary N) is 8. The minimum absolute atomic E-state index is 0.267. The van der Waals surface area contributed by atoms with E-state index in [4.69, 9.17) is 4.74 Å². The van der Waals surface area contributed by atoms with E-state index >= 15 is 0 Å². The molecule has 24 rings (SSSR count). The smallest absolute Gasteiger partial charge is 0.276 e. The van der Waals surface area contributed by atoms with E-state index in [0.717, 1.165) is 147 Å². The predicted molar refractivity (Wildman–Crippen MR) is 571 cm³/mol. The van der Waals surface area contributed by atoms with Crippen molar-refractivity contribution < 1.29 is 41.5 Å². The SMILES string of the molecule is CC1(F)CCN(c2ccc(NC(=O)c3n[nH]c4ccc(-c5cncc(CN6CCC6)c5)cc34)cn2)C1.CC1(F)CCN(c2ccc(NC(=O)c3n[nH]c4ccc(-c5cncc(CN6CCCC6)c5)cc34)cn2)C1.CC1(F)CCN(c2ccc(NC(=O)c3n[nH]c4ccc(-c5cncc(CN6CCCCC6)c5)cc34)cn2)C1.CC1(F)CCN(c2ccc(NC(=O)c3n[nH]c4ccc(-c5cncc(Oc6ccccc6)c5)cc34)cn2)C1. The molecule has 7 saturated heterocycles. The Labute approximate surface area is 857 Å². The number of para-hydroxylation sites is 1. The van der Waals surface area contributed by atoms with Crippen LogP contribution >= 0.6 is 0 Å². The Morgan fingerprint density at radius 1 is 0.295 bits per heavy atom. The summed E-state index contributed by atoms with van der Waals surface area (Å²) in [5, 5.41) is 43.3. The van der Waals surface area contributed by atoms with Gasteiger partial charge in [0.1, 0.15) is 57.4 Å². The van der Waals surface area contributed by atoms with Gasteiger partial charge in [0.2, 0.25) is 0 Å². The van der Waals surface area contributed by atoms with E-state index in [1.165, 1.54) is 55.2 Å². The lowest BCUT2D eigenvalue weighted by atomic mass is 10.0. The number of halogens is 4. The molecule has 4 atom stereocenters. The number of H-pyrrole nitrogens is 4. The molecule has 149 heavy (non-hydrogen) atoms. The lowest BCUT2D eigenvalue weighted by Crippen LogP contribution is -2.36. The summed E-state index contributed by atoms with van der Waals surface area (Å²) in [6.07, 6.45) is 30.6. The molecule has 7 aliphatic rings. The largest absolute Gasteiger partial charge is 0.456 e. The van der Waals surface area contributed by atoms with Crippen LogP contribution in [0.5, 0.6) is 11.5 Å². The maximum absolute atomic E-state index is 14.2. The minimum atomic E-state index is -1.21. The molecule has 12 aromatic heterocycles. The molecular weight excluding hydrogens is 1890 g/mol. The highest BCUT2D eigenvalue weighted by molar-refractivity contribution is 6.15. The molecule has 32 nitrogen and oxygen atoms in total. The molecule has 0 bridgehead atoms. The Bertz CT molecular complexity index is 7680. The summed E-state index contributed by atoms with van der Waals surface area (Å²) in [5.41, 5.74) is 13.0. The number of rotatable bonds is 24.